The number of primary amides is 1. The van der Waals surface area contributed by atoms with Gasteiger partial charge in [-0.2, -0.15) is 0 Å². The fourth-order valence-electron chi connectivity index (χ4n) is 2.13. The largest absolute Gasteiger partial charge is 0.366 e. The number of carbonyl (C=O) groups is 1. The third-order valence-corrected chi connectivity index (χ3v) is 3.51. The van der Waals surface area contributed by atoms with E-state index in [0.717, 1.165) is 12.1 Å². The molecule has 0 aliphatic heterocycles. The van der Waals surface area contributed by atoms with Crippen LogP contribution in [0.25, 0.3) is 0 Å². The molecule has 0 aromatic heterocycles. The summed E-state index contributed by atoms with van der Waals surface area (Å²) in [5, 5.41) is 3.53. The molecule has 0 fully saturated rings. The molecule has 3 N–H and O–H groups in total. The van der Waals surface area contributed by atoms with Crippen LogP contribution in [0.5, 0.6) is 0 Å². The first-order valence-corrected chi connectivity index (χ1v) is 7.17. The summed E-state index contributed by atoms with van der Waals surface area (Å²) >= 11 is 0. The van der Waals surface area contributed by atoms with Crippen molar-refractivity contribution < 1.29 is 4.79 Å². The molecule has 1 unspecified atom stereocenters. The number of rotatable bonds is 8. The van der Waals surface area contributed by atoms with Gasteiger partial charge in [-0.25, -0.2) is 0 Å². The van der Waals surface area contributed by atoms with Gasteiger partial charge in [0.1, 0.15) is 0 Å². The molecule has 0 saturated heterocycles. The van der Waals surface area contributed by atoms with E-state index in [2.05, 4.69) is 19.2 Å². The highest BCUT2D eigenvalue weighted by atomic mass is 16.1. The van der Waals surface area contributed by atoms with Crippen LogP contribution < -0.4 is 11.1 Å². The zero-order valence-corrected chi connectivity index (χ0v) is 12.3. The van der Waals surface area contributed by atoms with Gasteiger partial charge in [-0.05, 0) is 43.5 Å². The van der Waals surface area contributed by atoms with E-state index in [9.17, 15) is 4.79 Å². The van der Waals surface area contributed by atoms with E-state index >= 15 is 0 Å². The van der Waals surface area contributed by atoms with E-state index in [-0.39, 0.29) is 5.91 Å². The van der Waals surface area contributed by atoms with Crippen molar-refractivity contribution in [1.29, 1.82) is 0 Å². The molecule has 106 valence electrons. The molecule has 0 aliphatic rings. The van der Waals surface area contributed by atoms with Gasteiger partial charge in [-0.3, -0.25) is 4.79 Å². The Balaban J connectivity index is 2.47. The summed E-state index contributed by atoms with van der Waals surface area (Å²) in [6, 6.07) is 6.18. The van der Waals surface area contributed by atoms with E-state index in [1.54, 1.807) is 6.07 Å². The first-order valence-electron chi connectivity index (χ1n) is 7.17. The van der Waals surface area contributed by atoms with Gasteiger partial charge < -0.3 is 11.1 Å². The molecule has 0 radical (unpaired) electrons. The number of unbranched alkanes of at least 4 members (excludes halogenated alkanes) is 2. The highest BCUT2D eigenvalue weighted by Crippen LogP contribution is 2.11. The van der Waals surface area contributed by atoms with Crippen LogP contribution in [0.15, 0.2) is 18.2 Å². The molecule has 0 heterocycles. The minimum Gasteiger partial charge on any atom is -0.366 e. The van der Waals surface area contributed by atoms with Crippen molar-refractivity contribution in [2.24, 2.45) is 5.73 Å². The van der Waals surface area contributed by atoms with Crippen LogP contribution in [-0.2, 0) is 6.54 Å². The van der Waals surface area contributed by atoms with Crippen molar-refractivity contribution >= 4 is 5.91 Å². The Morgan fingerprint density at radius 3 is 2.68 bits per heavy atom. The number of aryl methyl sites for hydroxylation is 1. The first-order chi connectivity index (χ1) is 9.04. The Bertz CT molecular complexity index is 415. The topological polar surface area (TPSA) is 55.1 Å². The van der Waals surface area contributed by atoms with Crippen LogP contribution in [0.2, 0.25) is 0 Å². The normalized spacial score (nSPS) is 12.4. The summed E-state index contributed by atoms with van der Waals surface area (Å²) < 4.78 is 0. The summed E-state index contributed by atoms with van der Waals surface area (Å²) in [4.78, 5) is 11.1. The Labute approximate surface area is 116 Å². The van der Waals surface area contributed by atoms with E-state index in [1.807, 2.05) is 19.1 Å². The van der Waals surface area contributed by atoms with E-state index in [4.69, 9.17) is 5.73 Å². The van der Waals surface area contributed by atoms with Crippen LogP contribution >= 0.6 is 0 Å². The molecule has 1 atom stereocenters. The monoisotopic (exact) mass is 262 g/mol. The second kappa shape index (κ2) is 7.95. The highest BCUT2D eigenvalue weighted by Gasteiger charge is 2.06. The van der Waals surface area contributed by atoms with Crippen LogP contribution in [0.4, 0.5) is 0 Å². The van der Waals surface area contributed by atoms with Crippen LogP contribution in [0.3, 0.4) is 0 Å². The van der Waals surface area contributed by atoms with Gasteiger partial charge in [-0.1, -0.05) is 32.3 Å². The van der Waals surface area contributed by atoms with Crippen LogP contribution in [0, 0.1) is 6.92 Å². The van der Waals surface area contributed by atoms with Crippen molar-refractivity contribution in [3.05, 3.63) is 34.9 Å². The summed E-state index contributed by atoms with van der Waals surface area (Å²) in [7, 11) is 0. The first kappa shape index (κ1) is 15.7. The maximum absolute atomic E-state index is 11.1. The lowest BCUT2D eigenvalue weighted by Crippen LogP contribution is -2.25. The highest BCUT2D eigenvalue weighted by molar-refractivity contribution is 5.93. The second-order valence-corrected chi connectivity index (χ2v) is 5.28. The maximum atomic E-state index is 11.1. The molecule has 3 heteroatoms. The summed E-state index contributed by atoms with van der Waals surface area (Å²) in [6.45, 7) is 7.31. The molecular formula is C16H26N2O. The molecule has 19 heavy (non-hydrogen) atoms. The van der Waals surface area contributed by atoms with Crippen molar-refractivity contribution in [3.8, 4) is 0 Å². The second-order valence-electron chi connectivity index (χ2n) is 5.28. The minimum atomic E-state index is -0.365. The molecule has 1 amide bonds. The number of carbonyl (C=O) groups excluding carboxylic acids is 1. The SMILES string of the molecule is CCCCCC(C)NCc1ccc(C(N)=O)cc1C. The molecule has 0 saturated carbocycles. The zero-order chi connectivity index (χ0) is 14.3. The van der Waals surface area contributed by atoms with Gasteiger partial charge in [0, 0.05) is 18.2 Å². The Morgan fingerprint density at radius 2 is 2.11 bits per heavy atom. The fraction of sp³-hybridized carbons (Fsp3) is 0.562. The molecular weight excluding hydrogens is 236 g/mol. The number of hydrogen-bond donors (Lipinski definition) is 2. The maximum Gasteiger partial charge on any atom is 0.248 e. The van der Waals surface area contributed by atoms with E-state index in [1.165, 1.54) is 31.2 Å². The number of benzene rings is 1. The molecule has 1 aromatic carbocycles. The third-order valence-electron chi connectivity index (χ3n) is 3.51. The summed E-state index contributed by atoms with van der Waals surface area (Å²) in [5.41, 5.74) is 8.19. The van der Waals surface area contributed by atoms with Crippen molar-refractivity contribution in [2.75, 3.05) is 0 Å². The lowest BCUT2D eigenvalue weighted by molar-refractivity contribution is 0.1000. The van der Waals surface area contributed by atoms with E-state index < -0.39 is 0 Å². The fourth-order valence-corrected chi connectivity index (χ4v) is 2.13. The van der Waals surface area contributed by atoms with E-state index in [0.29, 0.717) is 11.6 Å². The number of nitrogens with one attached hydrogen (secondary N) is 1. The summed E-state index contributed by atoms with van der Waals surface area (Å²) in [5.74, 6) is -0.365. The van der Waals surface area contributed by atoms with Crippen molar-refractivity contribution in [2.45, 2.75) is 59.0 Å². The quantitative estimate of drug-likeness (QED) is 0.707. The molecule has 0 aliphatic carbocycles. The Morgan fingerprint density at radius 1 is 1.37 bits per heavy atom. The van der Waals surface area contributed by atoms with Crippen LogP contribution in [0.1, 0.15) is 61.0 Å². The standard InChI is InChI=1S/C16H26N2O/c1-4-5-6-7-13(3)18-11-15-9-8-14(16(17)19)10-12(15)2/h8-10,13,18H,4-7,11H2,1-3H3,(H2,17,19). The smallest absolute Gasteiger partial charge is 0.248 e. The molecule has 0 spiro atoms. The molecule has 1 rings (SSSR count). The Kier molecular flexibility index (Phi) is 6.57. The lowest BCUT2D eigenvalue weighted by atomic mass is 10.0. The van der Waals surface area contributed by atoms with Gasteiger partial charge >= 0.3 is 0 Å². The third kappa shape index (κ3) is 5.43. The van der Waals surface area contributed by atoms with Crippen LogP contribution in [-0.4, -0.2) is 11.9 Å². The number of nitrogens with two attached hydrogens (primary N) is 1. The molecule has 0 bridgehead atoms. The molecule has 1 aromatic rings. The average Bonchev–Trinajstić information content (AvgIpc) is 2.37. The summed E-state index contributed by atoms with van der Waals surface area (Å²) in [6.07, 6.45) is 5.06. The molecule has 3 nitrogen and oxygen atoms in total. The van der Waals surface area contributed by atoms with Crippen molar-refractivity contribution in [1.82, 2.24) is 5.32 Å². The zero-order valence-electron chi connectivity index (χ0n) is 12.3. The predicted molar refractivity (Wildman–Crippen MR) is 80.1 cm³/mol. The lowest BCUT2D eigenvalue weighted by Gasteiger charge is -2.15. The van der Waals surface area contributed by atoms with Gasteiger partial charge in [0.25, 0.3) is 0 Å². The Hall–Kier alpha value is -1.35. The predicted octanol–water partition coefficient (Wildman–Crippen LogP) is 3.15. The van der Waals surface area contributed by atoms with Gasteiger partial charge in [0.05, 0.1) is 0 Å². The van der Waals surface area contributed by atoms with Crippen molar-refractivity contribution in [3.63, 3.8) is 0 Å². The van der Waals surface area contributed by atoms with Gasteiger partial charge in [0.2, 0.25) is 5.91 Å². The van der Waals surface area contributed by atoms with Gasteiger partial charge in [0.15, 0.2) is 0 Å². The minimum absolute atomic E-state index is 0.365. The van der Waals surface area contributed by atoms with Gasteiger partial charge in [-0.15, -0.1) is 0 Å². The number of hydrogen-bond acceptors (Lipinski definition) is 2. The number of amides is 1. The average molecular weight is 262 g/mol.